The molecule has 0 radical (unpaired) electrons. The van der Waals surface area contributed by atoms with Crippen LogP contribution in [-0.2, 0) is 6.54 Å². The minimum absolute atomic E-state index is 0.258. The number of benzene rings is 1. The fourth-order valence-electron chi connectivity index (χ4n) is 4.04. The van der Waals surface area contributed by atoms with Crippen LogP contribution >= 0.6 is 0 Å². The smallest absolute Gasteiger partial charge is 0.259 e. The highest BCUT2D eigenvalue weighted by Crippen LogP contribution is 2.32. The van der Waals surface area contributed by atoms with Crippen LogP contribution in [0.3, 0.4) is 0 Å². The van der Waals surface area contributed by atoms with Crippen molar-refractivity contribution in [1.29, 1.82) is 0 Å². The minimum atomic E-state index is -0.339. The van der Waals surface area contributed by atoms with Crippen molar-refractivity contribution >= 4 is 28.3 Å². The van der Waals surface area contributed by atoms with E-state index in [4.69, 9.17) is 0 Å². The van der Waals surface area contributed by atoms with Crippen molar-refractivity contribution in [3.63, 3.8) is 0 Å². The SMILES string of the molecule is CCn1ncc2c(NC3CCCCC3)c(C(=O)Nc3ccc(F)cc3)c(C)nc21. The Kier molecular flexibility index (Phi) is 5.47. The number of fused-ring (bicyclic) bond motifs is 1. The second kappa shape index (κ2) is 8.19. The molecule has 2 N–H and O–H groups in total. The van der Waals surface area contributed by atoms with E-state index in [9.17, 15) is 9.18 Å². The highest BCUT2D eigenvalue weighted by molar-refractivity contribution is 6.13. The van der Waals surface area contributed by atoms with Gasteiger partial charge in [0.05, 0.1) is 28.5 Å². The molecule has 0 saturated heterocycles. The number of nitrogens with zero attached hydrogens (tertiary/aromatic N) is 3. The standard InChI is InChI=1S/C22H26FN5O/c1-3-28-21-18(13-24-28)20(26-16-7-5-4-6-8-16)19(14(2)25-21)22(29)27-17-11-9-15(23)10-12-17/h9-13,16H,3-8H2,1-2H3,(H,25,26)(H,27,29). The van der Waals surface area contributed by atoms with Crippen molar-refractivity contribution in [2.24, 2.45) is 0 Å². The number of nitrogens with one attached hydrogen (secondary N) is 2. The molecule has 4 rings (SSSR count). The van der Waals surface area contributed by atoms with Crippen LogP contribution in [0, 0.1) is 12.7 Å². The highest BCUT2D eigenvalue weighted by Gasteiger charge is 2.24. The summed E-state index contributed by atoms with van der Waals surface area (Å²) >= 11 is 0. The van der Waals surface area contributed by atoms with E-state index >= 15 is 0 Å². The van der Waals surface area contributed by atoms with Gasteiger partial charge in [0.25, 0.3) is 5.91 Å². The van der Waals surface area contributed by atoms with Crippen LogP contribution in [0.4, 0.5) is 15.8 Å². The van der Waals surface area contributed by atoms with Gasteiger partial charge >= 0.3 is 0 Å². The fourth-order valence-corrected chi connectivity index (χ4v) is 4.04. The Balaban J connectivity index is 1.76. The molecule has 7 heteroatoms. The van der Waals surface area contributed by atoms with Gasteiger partial charge in [0.2, 0.25) is 0 Å². The summed E-state index contributed by atoms with van der Waals surface area (Å²) in [7, 11) is 0. The number of carbonyl (C=O) groups excluding carboxylic acids is 1. The van der Waals surface area contributed by atoms with Gasteiger partial charge < -0.3 is 10.6 Å². The average Bonchev–Trinajstić information content (AvgIpc) is 3.13. The first-order chi connectivity index (χ1) is 14.1. The quantitative estimate of drug-likeness (QED) is 0.645. The molecule has 1 aliphatic rings. The Hall–Kier alpha value is -2.96. The van der Waals surface area contributed by atoms with Crippen molar-refractivity contribution in [3.8, 4) is 0 Å². The third-order valence-corrected chi connectivity index (χ3v) is 5.55. The first-order valence-corrected chi connectivity index (χ1v) is 10.3. The number of aromatic nitrogens is 3. The Morgan fingerprint density at radius 1 is 1.21 bits per heavy atom. The third-order valence-electron chi connectivity index (χ3n) is 5.55. The van der Waals surface area contributed by atoms with Crippen molar-refractivity contribution < 1.29 is 9.18 Å². The summed E-state index contributed by atoms with van der Waals surface area (Å²) < 4.78 is 15.0. The molecule has 0 unspecified atom stereocenters. The van der Waals surface area contributed by atoms with Crippen LogP contribution < -0.4 is 10.6 Å². The Morgan fingerprint density at radius 2 is 1.93 bits per heavy atom. The zero-order valence-electron chi connectivity index (χ0n) is 16.8. The molecule has 0 aliphatic heterocycles. The van der Waals surface area contributed by atoms with Gasteiger partial charge in [0.1, 0.15) is 5.82 Å². The Bertz CT molecular complexity index is 1020. The molecule has 6 nitrogen and oxygen atoms in total. The topological polar surface area (TPSA) is 71.8 Å². The van der Waals surface area contributed by atoms with Crippen LogP contribution in [0.1, 0.15) is 55.1 Å². The first kappa shape index (κ1) is 19.4. The van der Waals surface area contributed by atoms with E-state index in [1.807, 2.05) is 18.5 Å². The fraction of sp³-hybridized carbons (Fsp3) is 0.409. The van der Waals surface area contributed by atoms with E-state index in [-0.39, 0.29) is 11.7 Å². The lowest BCUT2D eigenvalue weighted by Crippen LogP contribution is -2.25. The predicted octanol–water partition coefficient (Wildman–Crippen LogP) is 4.90. The zero-order chi connectivity index (χ0) is 20.4. The number of amides is 1. The molecule has 1 fully saturated rings. The van der Waals surface area contributed by atoms with Crippen LogP contribution in [-0.4, -0.2) is 26.7 Å². The largest absolute Gasteiger partial charge is 0.381 e. The molecule has 0 bridgehead atoms. The van der Waals surface area contributed by atoms with Crippen LogP contribution in [0.25, 0.3) is 11.0 Å². The average molecular weight is 395 g/mol. The van der Waals surface area contributed by atoms with E-state index in [0.717, 1.165) is 29.6 Å². The molecule has 1 aliphatic carbocycles. The molecule has 2 aromatic heterocycles. The van der Waals surface area contributed by atoms with Crippen molar-refractivity contribution in [2.45, 2.75) is 58.5 Å². The lowest BCUT2D eigenvalue weighted by atomic mass is 9.94. The van der Waals surface area contributed by atoms with Gasteiger partial charge in [-0.15, -0.1) is 0 Å². The van der Waals surface area contributed by atoms with Gasteiger partial charge in [-0.1, -0.05) is 19.3 Å². The number of anilines is 2. The summed E-state index contributed by atoms with van der Waals surface area (Å²) in [5.74, 6) is -0.597. The van der Waals surface area contributed by atoms with Gasteiger partial charge in [0, 0.05) is 18.3 Å². The Labute approximate surface area is 169 Å². The van der Waals surface area contributed by atoms with E-state index < -0.39 is 0 Å². The van der Waals surface area contributed by atoms with Gasteiger partial charge in [-0.3, -0.25) is 4.79 Å². The minimum Gasteiger partial charge on any atom is -0.381 e. The summed E-state index contributed by atoms with van der Waals surface area (Å²) in [4.78, 5) is 17.9. The van der Waals surface area contributed by atoms with E-state index in [0.29, 0.717) is 29.5 Å². The molecule has 152 valence electrons. The molecule has 1 saturated carbocycles. The number of carbonyl (C=O) groups is 1. The van der Waals surface area contributed by atoms with Gasteiger partial charge in [-0.05, 0) is 51.0 Å². The van der Waals surface area contributed by atoms with Gasteiger partial charge in [-0.25, -0.2) is 14.1 Å². The number of aryl methyl sites for hydroxylation is 2. The predicted molar refractivity (Wildman–Crippen MR) is 113 cm³/mol. The lowest BCUT2D eigenvalue weighted by molar-refractivity contribution is 0.102. The summed E-state index contributed by atoms with van der Waals surface area (Å²) in [5.41, 5.74) is 3.28. The highest BCUT2D eigenvalue weighted by atomic mass is 19.1. The van der Waals surface area contributed by atoms with Crippen LogP contribution in [0.2, 0.25) is 0 Å². The first-order valence-electron chi connectivity index (χ1n) is 10.3. The third kappa shape index (κ3) is 3.95. The lowest BCUT2D eigenvalue weighted by Gasteiger charge is -2.26. The number of halogens is 1. The molecule has 3 aromatic rings. The summed E-state index contributed by atoms with van der Waals surface area (Å²) in [6.45, 7) is 4.57. The molecule has 2 heterocycles. The maximum atomic E-state index is 13.2. The van der Waals surface area contributed by atoms with Crippen molar-refractivity contribution in [1.82, 2.24) is 14.8 Å². The molecule has 0 atom stereocenters. The molecule has 29 heavy (non-hydrogen) atoms. The maximum absolute atomic E-state index is 13.2. The van der Waals surface area contributed by atoms with E-state index in [1.54, 1.807) is 18.3 Å². The second-order valence-electron chi connectivity index (χ2n) is 7.59. The number of pyridine rings is 1. The maximum Gasteiger partial charge on any atom is 0.259 e. The molecular weight excluding hydrogens is 369 g/mol. The summed E-state index contributed by atoms with van der Waals surface area (Å²) in [6, 6.07) is 6.10. The Morgan fingerprint density at radius 3 is 2.62 bits per heavy atom. The number of hydrogen-bond donors (Lipinski definition) is 2. The normalized spacial score (nSPS) is 14.9. The van der Waals surface area contributed by atoms with E-state index in [2.05, 4.69) is 20.7 Å². The number of hydrogen-bond acceptors (Lipinski definition) is 4. The summed E-state index contributed by atoms with van der Waals surface area (Å²) in [5, 5.41) is 11.8. The van der Waals surface area contributed by atoms with Gasteiger partial charge in [0.15, 0.2) is 5.65 Å². The number of rotatable bonds is 5. The van der Waals surface area contributed by atoms with Crippen molar-refractivity contribution in [2.75, 3.05) is 10.6 Å². The second-order valence-corrected chi connectivity index (χ2v) is 7.59. The monoisotopic (exact) mass is 395 g/mol. The molecular formula is C22H26FN5O. The molecule has 0 spiro atoms. The zero-order valence-corrected chi connectivity index (χ0v) is 16.8. The van der Waals surface area contributed by atoms with E-state index in [1.165, 1.54) is 31.4 Å². The van der Waals surface area contributed by atoms with Crippen LogP contribution in [0.15, 0.2) is 30.5 Å². The molecule has 1 aromatic carbocycles. The molecule has 1 amide bonds. The van der Waals surface area contributed by atoms with Crippen molar-refractivity contribution in [3.05, 3.63) is 47.5 Å². The van der Waals surface area contributed by atoms with Gasteiger partial charge in [-0.2, -0.15) is 5.10 Å². The van der Waals surface area contributed by atoms with Crippen LogP contribution in [0.5, 0.6) is 0 Å². The summed E-state index contributed by atoms with van der Waals surface area (Å²) in [6.07, 6.45) is 7.60.